The third kappa shape index (κ3) is 1.93. The third-order valence-electron chi connectivity index (χ3n) is 2.69. The number of fused-ring (bicyclic) bond motifs is 1. The molecule has 3 rings (SSSR count). The summed E-state index contributed by atoms with van der Waals surface area (Å²) in [6.07, 6.45) is 0. The van der Waals surface area contributed by atoms with Crippen LogP contribution in [0.4, 0.5) is 0 Å². The maximum atomic E-state index is 6.15. The van der Waals surface area contributed by atoms with Crippen LogP contribution in [-0.2, 0) is 0 Å². The van der Waals surface area contributed by atoms with E-state index in [0.717, 1.165) is 26.7 Å². The van der Waals surface area contributed by atoms with Gasteiger partial charge in [0.05, 0.1) is 15.1 Å². The first kappa shape index (κ1) is 11.8. The number of rotatable bonds is 1. The van der Waals surface area contributed by atoms with Gasteiger partial charge >= 0.3 is 0 Å². The minimum atomic E-state index is 0.543. The second-order valence-corrected chi connectivity index (χ2v) is 5.36. The molecule has 0 unspecified atom stereocenters. The molecule has 0 amide bonds. The lowest BCUT2D eigenvalue weighted by Crippen LogP contribution is -1.78. The van der Waals surface area contributed by atoms with Crippen molar-refractivity contribution < 1.29 is 4.42 Å². The van der Waals surface area contributed by atoms with Gasteiger partial charge in [0, 0.05) is 0 Å². The summed E-state index contributed by atoms with van der Waals surface area (Å²) in [5.41, 5.74) is 3.51. The first-order valence-corrected chi connectivity index (χ1v) is 6.64. The van der Waals surface area contributed by atoms with Crippen molar-refractivity contribution in [2.24, 2.45) is 0 Å². The Morgan fingerprint density at radius 1 is 1.22 bits per heavy atom. The average molecular weight is 323 g/mol. The number of benzene rings is 2. The van der Waals surface area contributed by atoms with Crippen LogP contribution >= 0.6 is 27.5 Å². The summed E-state index contributed by atoms with van der Waals surface area (Å²) in [6, 6.07) is 11.5. The Kier molecular flexibility index (Phi) is 2.88. The van der Waals surface area contributed by atoms with Crippen molar-refractivity contribution >= 4 is 38.6 Å². The highest BCUT2D eigenvalue weighted by atomic mass is 79.9. The molecule has 0 N–H and O–H groups in total. The monoisotopic (exact) mass is 321 g/mol. The molecule has 0 saturated carbocycles. The molecule has 0 aliphatic heterocycles. The molecule has 0 aliphatic rings. The molecule has 18 heavy (non-hydrogen) atoms. The van der Waals surface area contributed by atoms with Crippen molar-refractivity contribution in [1.29, 1.82) is 0 Å². The summed E-state index contributed by atoms with van der Waals surface area (Å²) < 4.78 is 6.68. The third-order valence-corrected chi connectivity index (χ3v) is 3.61. The van der Waals surface area contributed by atoms with Crippen molar-refractivity contribution in [2.75, 3.05) is 0 Å². The molecular weight excluding hydrogens is 314 g/mol. The molecular formula is C14H9BrClNO. The van der Waals surface area contributed by atoms with Gasteiger partial charge in [-0.3, -0.25) is 0 Å². The maximum absolute atomic E-state index is 6.15. The van der Waals surface area contributed by atoms with Crippen LogP contribution in [0.3, 0.4) is 0 Å². The fourth-order valence-electron chi connectivity index (χ4n) is 1.87. The number of hydrogen-bond donors (Lipinski definition) is 0. The topological polar surface area (TPSA) is 26.0 Å². The van der Waals surface area contributed by atoms with Crippen LogP contribution in [0.5, 0.6) is 0 Å². The molecule has 0 spiro atoms. The summed E-state index contributed by atoms with van der Waals surface area (Å²) in [7, 11) is 0. The smallest absolute Gasteiger partial charge is 0.228 e. The van der Waals surface area contributed by atoms with Crippen molar-refractivity contribution in [3.63, 3.8) is 0 Å². The molecule has 0 bridgehead atoms. The summed E-state index contributed by atoms with van der Waals surface area (Å²) in [5.74, 6) is 0.543. The van der Waals surface area contributed by atoms with E-state index in [1.54, 1.807) is 0 Å². The van der Waals surface area contributed by atoms with Gasteiger partial charge in [-0.15, -0.1) is 0 Å². The van der Waals surface area contributed by atoms with E-state index in [4.69, 9.17) is 16.0 Å². The van der Waals surface area contributed by atoms with Crippen molar-refractivity contribution in [3.8, 4) is 11.5 Å². The van der Waals surface area contributed by atoms with Crippen LogP contribution in [0, 0.1) is 6.92 Å². The highest BCUT2D eigenvalue weighted by Gasteiger charge is 2.13. The molecule has 4 heteroatoms. The molecule has 1 aromatic heterocycles. The van der Waals surface area contributed by atoms with Crippen LogP contribution < -0.4 is 0 Å². The quantitative estimate of drug-likeness (QED) is 0.614. The van der Waals surface area contributed by atoms with E-state index in [0.29, 0.717) is 10.9 Å². The van der Waals surface area contributed by atoms with Gasteiger partial charge in [-0.25, -0.2) is 4.98 Å². The maximum Gasteiger partial charge on any atom is 0.228 e. The highest BCUT2D eigenvalue weighted by molar-refractivity contribution is 9.10. The molecule has 90 valence electrons. The second-order valence-electron chi connectivity index (χ2n) is 4.09. The van der Waals surface area contributed by atoms with Gasteiger partial charge < -0.3 is 4.42 Å². The van der Waals surface area contributed by atoms with Gasteiger partial charge in [-0.05, 0) is 52.7 Å². The van der Waals surface area contributed by atoms with Crippen LogP contribution in [0.1, 0.15) is 5.56 Å². The lowest BCUT2D eigenvalue weighted by atomic mass is 10.2. The Bertz CT molecular complexity index is 736. The Labute approximate surface area is 118 Å². The van der Waals surface area contributed by atoms with E-state index >= 15 is 0 Å². The highest BCUT2D eigenvalue weighted by Crippen LogP contribution is 2.33. The Balaban J connectivity index is 2.26. The zero-order valence-corrected chi connectivity index (χ0v) is 11.9. The van der Waals surface area contributed by atoms with Crippen molar-refractivity contribution in [1.82, 2.24) is 4.98 Å². The fourth-order valence-corrected chi connectivity index (χ4v) is 2.74. The second kappa shape index (κ2) is 4.41. The standard InChI is InChI=1S/C14H9BrClNO/c1-8-6-10(15)13-12(7-8)17-14(18-13)9-4-2-3-5-11(9)16/h2-7H,1H3. The van der Waals surface area contributed by atoms with Crippen LogP contribution in [-0.4, -0.2) is 4.98 Å². The van der Waals surface area contributed by atoms with Gasteiger partial charge in [-0.1, -0.05) is 23.7 Å². The van der Waals surface area contributed by atoms with Crippen LogP contribution in [0.25, 0.3) is 22.6 Å². The Morgan fingerprint density at radius 3 is 2.78 bits per heavy atom. The Morgan fingerprint density at radius 2 is 2.00 bits per heavy atom. The van der Waals surface area contributed by atoms with Gasteiger partial charge in [0.2, 0.25) is 5.89 Å². The molecule has 0 radical (unpaired) electrons. The normalized spacial score (nSPS) is 11.1. The molecule has 2 nitrogen and oxygen atoms in total. The van der Waals surface area contributed by atoms with Gasteiger partial charge in [0.1, 0.15) is 5.52 Å². The fraction of sp³-hybridized carbons (Fsp3) is 0.0714. The summed E-state index contributed by atoms with van der Waals surface area (Å²) >= 11 is 9.63. The first-order chi connectivity index (χ1) is 8.65. The molecule has 2 aromatic carbocycles. The molecule has 3 aromatic rings. The average Bonchev–Trinajstić information content (AvgIpc) is 2.73. The molecule has 0 fully saturated rings. The van der Waals surface area contributed by atoms with Crippen molar-refractivity contribution in [3.05, 3.63) is 51.5 Å². The van der Waals surface area contributed by atoms with E-state index in [1.807, 2.05) is 43.3 Å². The minimum absolute atomic E-state index is 0.543. The first-order valence-electron chi connectivity index (χ1n) is 5.47. The molecule has 0 saturated heterocycles. The SMILES string of the molecule is Cc1cc(Br)c2oc(-c3ccccc3Cl)nc2c1. The van der Waals surface area contributed by atoms with E-state index in [1.165, 1.54) is 0 Å². The number of aryl methyl sites for hydroxylation is 1. The van der Waals surface area contributed by atoms with E-state index in [9.17, 15) is 0 Å². The zero-order valence-electron chi connectivity index (χ0n) is 9.58. The predicted octanol–water partition coefficient (Wildman–Crippen LogP) is 5.22. The summed E-state index contributed by atoms with van der Waals surface area (Å²) in [6.45, 7) is 2.02. The minimum Gasteiger partial charge on any atom is -0.435 e. The summed E-state index contributed by atoms with van der Waals surface area (Å²) in [4.78, 5) is 4.48. The Hall–Kier alpha value is -1.32. The largest absolute Gasteiger partial charge is 0.435 e. The van der Waals surface area contributed by atoms with Gasteiger partial charge in [-0.2, -0.15) is 0 Å². The lowest BCUT2D eigenvalue weighted by molar-refractivity contribution is 0.618. The molecule has 0 aliphatic carbocycles. The van der Waals surface area contributed by atoms with Crippen LogP contribution in [0.2, 0.25) is 5.02 Å². The zero-order chi connectivity index (χ0) is 12.7. The van der Waals surface area contributed by atoms with E-state index in [-0.39, 0.29) is 0 Å². The molecule has 1 heterocycles. The van der Waals surface area contributed by atoms with Gasteiger partial charge in [0.15, 0.2) is 5.58 Å². The number of halogens is 2. The predicted molar refractivity (Wildman–Crippen MR) is 76.9 cm³/mol. The van der Waals surface area contributed by atoms with Crippen LogP contribution in [0.15, 0.2) is 45.3 Å². The lowest BCUT2D eigenvalue weighted by Gasteiger charge is -1.97. The molecule has 0 atom stereocenters. The van der Waals surface area contributed by atoms with E-state index in [2.05, 4.69) is 20.9 Å². The number of aromatic nitrogens is 1. The number of nitrogens with zero attached hydrogens (tertiary/aromatic N) is 1. The number of hydrogen-bond acceptors (Lipinski definition) is 2. The van der Waals surface area contributed by atoms with E-state index < -0.39 is 0 Å². The summed E-state index contributed by atoms with van der Waals surface area (Å²) in [5, 5.41) is 0.636. The van der Waals surface area contributed by atoms with Crippen molar-refractivity contribution in [2.45, 2.75) is 6.92 Å². The number of oxazole rings is 1. The van der Waals surface area contributed by atoms with Gasteiger partial charge in [0.25, 0.3) is 0 Å².